The van der Waals surface area contributed by atoms with Crippen molar-refractivity contribution in [1.82, 2.24) is 4.98 Å². The number of aliphatic hydroxyl groups is 1. The lowest BCUT2D eigenvalue weighted by Crippen LogP contribution is -2.28. The van der Waals surface area contributed by atoms with Crippen molar-refractivity contribution < 1.29 is 5.11 Å². The molecule has 1 heterocycles. The van der Waals surface area contributed by atoms with E-state index in [2.05, 4.69) is 39.6 Å². The second kappa shape index (κ2) is 5.32. The minimum Gasteiger partial charge on any atom is -0.386 e. The quantitative estimate of drug-likeness (QED) is 0.819. The summed E-state index contributed by atoms with van der Waals surface area (Å²) in [6.07, 6.45) is 5.67. The van der Waals surface area contributed by atoms with E-state index < -0.39 is 0 Å². The number of aromatic amines is 1. The molecule has 0 spiro atoms. The molecule has 0 radical (unpaired) electrons. The second-order valence-electron chi connectivity index (χ2n) is 6.98. The molecule has 1 aliphatic carbocycles. The number of aryl methyl sites for hydroxylation is 1. The summed E-state index contributed by atoms with van der Waals surface area (Å²) in [5.74, 6) is 0.644. The highest BCUT2D eigenvalue weighted by molar-refractivity contribution is 5.36. The van der Waals surface area contributed by atoms with Crippen molar-refractivity contribution in [3.63, 3.8) is 0 Å². The highest BCUT2D eigenvalue weighted by atomic mass is 16.3. The molecule has 1 aromatic heterocycles. The lowest BCUT2D eigenvalue weighted by Gasteiger charge is -2.36. The lowest BCUT2D eigenvalue weighted by molar-refractivity contribution is 0.00802. The third kappa shape index (κ3) is 2.60. The number of rotatable bonds is 4. The Balaban J connectivity index is 2.34. The highest BCUT2D eigenvalue weighted by Gasteiger charge is 2.42. The van der Waals surface area contributed by atoms with Gasteiger partial charge in [-0.05, 0) is 57.1 Å². The Labute approximate surface area is 117 Å². The van der Waals surface area contributed by atoms with Gasteiger partial charge in [0.2, 0.25) is 0 Å². The molecular formula is C17H29NO. The third-order valence-corrected chi connectivity index (χ3v) is 5.12. The summed E-state index contributed by atoms with van der Waals surface area (Å²) >= 11 is 0. The van der Waals surface area contributed by atoms with Gasteiger partial charge in [0.1, 0.15) is 0 Å². The normalized spacial score (nSPS) is 20.2. The van der Waals surface area contributed by atoms with Crippen LogP contribution in [0.2, 0.25) is 0 Å². The summed E-state index contributed by atoms with van der Waals surface area (Å²) < 4.78 is 0. The molecule has 1 atom stereocenters. The molecule has 2 rings (SSSR count). The maximum Gasteiger partial charge on any atom is 0.0996 e. The van der Waals surface area contributed by atoms with E-state index in [1.807, 2.05) is 0 Å². The number of nitrogens with one attached hydrogen (secondary N) is 1. The zero-order valence-electron chi connectivity index (χ0n) is 13.1. The van der Waals surface area contributed by atoms with E-state index in [4.69, 9.17) is 0 Å². The fraction of sp³-hybridized carbons (Fsp3) is 0.765. The molecule has 0 bridgehead atoms. The van der Waals surface area contributed by atoms with Crippen LogP contribution < -0.4 is 0 Å². The predicted molar refractivity (Wildman–Crippen MR) is 80.3 cm³/mol. The smallest absolute Gasteiger partial charge is 0.0996 e. The number of hydrogen-bond donors (Lipinski definition) is 2. The third-order valence-electron chi connectivity index (χ3n) is 5.12. The van der Waals surface area contributed by atoms with Gasteiger partial charge in [0, 0.05) is 16.8 Å². The predicted octanol–water partition coefficient (Wildman–Crippen LogP) is 4.58. The SMILES string of the molecule is Cc1[nH]c(C(O)C2(CC(C)C)CCCC2)c(C)c1C. The largest absolute Gasteiger partial charge is 0.386 e. The Morgan fingerprint density at radius 3 is 2.11 bits per heavy atom. The molecule has 2 nitrogen and oxygen atoms in total. The number of H-pyrrole nitrogens is 1. The zero-order chi connectivity index (χ0) is 14.2. The van der Waals surface area contributed by atoms with Crippen molar-refractivity contribution >= 4 is 0 Å². The lowest BCUT2D eigenvalue weighted by atomic mass is 9.72. The Kier molecular flexibility index (Phi) is 4.10. The van der Waals surface area contributed by atoms with Crippen LogP contribution in [0.5, 0.6) is 0 Å². The molecule has 108 valence electrons. The van der Waals surface area contributed by atoms with Gasteiger partial charge in [0.15, 0.2) is 0 Å². The van der Waals surface area contributed by atoms with Crippen LogP contribution in [-0.2, 0) is 0 Å². The van der Waals surface area contributed by atoms with Gasteiger partial charge in [0.05, 0.1) is 6.10 Å². The molecule has 0 aromatic carbocycles. The van der Waals surface area contributed by atoms with Crippen LogP contribution in [-0.4, -0.2) is 10.1 Å². The Morgan fingerprint density at radius 2 is 1.68 bits per heavy atom. The van der Waals surface area contributed by atoms with Gasteiger partial charge in [0.25, 0.3) is 0 Å². The summed E-state index contributed by atoms with van der Waals surface area (Å²) in [5.41, 5.74) is 4.91. The summed E-state index contributed by atoms with van der Waals surface area (Å²) in [5, 5.41) is 11.0. The minimum atomic E-state index is -0.329. The second-order valence-corrected chi connectivity index (χ2v) is 6.98. The first-order valence-corrected chi connectivity index (χ1v) is 7.71. The first kappa shape index (κ1) is 14.6. The number of hydrogen-bond acceptors (Lipinski definition) is 1. The average molecular weight is 263 g/mol. The maximum atomic E-state index is 11.0. The molecule has 0 saturated heterocycles. The summed E-state index contributed by atoms with van der Waals surface area (Å²) in [6, 6.07) is 0. The molecule has 1 aliphatic rings. The van der Waals surface area contributed by atoms with Crippen LogP contribution in [0.15, 0.2) is 0 Å². The van der Waals surface area contributed by atoms with E-state index in [1.54, 1.807) is 0 Å². The van der Waals surface area contributed by atoms with Crippen LogP contribution in [0.3, 0.4) is 0 Å². The van der Waals surface area contributed by atoms with Crippen molar-refractivity contribution in [2.75, 3.05) is 0 Å². The van der Waals surface area contributed by atoms with Crippen molar-refractivity contribution in [2.24, 2.45) is 11.3 Å². The molecule has 1 saturated carbocycles. The van der Waals surface area contributed by atoms with Crippen LogP contribution in [0.25, 0.3) is 0 Å². The zero-order valence-corrected chi connectivity index (χ0v) is 13.1. The van der Waals surface area contributed by atoms with Crippen molar-refractivity contribution in [3.8, 4) is 0 Å². The molecule has 2 N–H and O–H groups in total. The van der Waals surface area contributed by atoms with E-state index in [-0.39, 0.29) is 11.5 Å². The fourth-order valence-corrected chi connectivity index (χ4v) is 3.93. The van der Waals surface area contributed by atoms with Gasteiger partial charge in [-0.1, -0.05) is 26.7 Å². The van der Waals surface area contributed by atoms with E-state index in [0.717, 1.165) is 12.1 Å². The Morgan fingerprint density at radius 1 is 1.11 bits per heavy atom. The van der Waals surface area contributed by atoms with Gasteiger partial charge in [-0.25, -0.2) is 0 Å². The highest BCUT2D eigenvalue weighted by Crippen LogP contribution is 2.52. The van der Waals surface area contributed by atoms with Gasteiger partial charge in [-0.2, -0.15) is 0 Å². The first-order valence-electron chi connectivity index (χ1n) is 7.71. The summed E-state index contributed by atoms with van der Waals surface area (Å²) in [4.78, 5) is 3.44. The van der Waals surface area contributed by atoms with Crippen LogP contribution >= 0.6 is 0 Å². The van der Waals surface area contributed by atoms with Crippen molar-refractivity contribution in [1.29, 1.82) is 0 Å². The monoisotopic (exact) mass is 263 g/mol. The summed E-state index contributed by atoms with van der Waals surface area (Å²) in [7, 11) is 0. The van der Waals surface area contributed by atoms with Crippen molar-refractivity contribution in [2.45, 2.75) is 72.8 Å². The van der Waals surface area contributed by atoms with E-state index >= 15 is 0 Å². The molecule has 0 amide bonds. The molecule has 19 heavy (non-hydrogen) atoms. The molecule has 0 aliphatic heterocycles. The number of aliphatic hydroxyl groups excluding tert-OH is 1. The number of aromatic nitrogens is 1. The Hall–Kier alpha value is -0.760. The van der Waals surface area contributed by atoms with Crippen molar-refractivity contribution in [3.05, 3.63) is 22.5 Å². The topological polar surface area (TPSA) is 36.0 Å². The first-order chi connectivity index (χ1) is 8.87. The van der Waals surface area contributed by atoms with Gasteiger partial charge < -0.3 is 10.1 Å². The minimum absolute atomic E-state index is 0.0999. The van der Waals surface area contributed by atoms with E-state index in [1.165, 1.54) is 42.5 Å². The summed E-state index contributed by atoms with van der Waals surface area (Å²) in [6.45, 7) is 10.9. The van der Waals surface area contributed by atoms with E-state index in [0.29, 0.717) is 5.92 Å². The van der Waals surface area contributed by atoms with Gasteiger partial charge in [-0.15, -0.1) is 0 Å². The Bertz CT molecular complexity index is 438. The van der Waals surface area contributed by atoms with Crippen LogP contribution in [0, 0.1) is 32.1 Å². The average Bonchev–Trinajstić information content (AvgIpc) is 2.90. The molecule has 1 fully saturated rings. The molecule has 1 unspecified atom stereocenters. The molecule has 2 heteroatoms. The maximum absolute atomic E-state index is 11.0. The van der Waals surface area contributed by atoms with Crippen LogP contribution in [0.4, 0.5) is 0 Å². The van der Waals surface area contributed by atoms with E-state index in [9.17, 15) is 5.11 Å². The standard InChI is InChI=1S/C17H29NO/c1-11(2)10-17(8-6-7-9-17)16(19)15-13(4)12(3)14(5)18-15/h11,16,18-19H,6-10H2,1-5H3. The van der Waals surface area contributed by atoms with Gasteiger partial charge in [-0.3, -0.25) is 0 Å². The molecule has 1 aromatic rings. The van der Waals surface area contributed by atoms with Crippen LogP contribution in [0.1, 0.15) is 74.6 Å². The fourth-order valence-electron chi connectivity index (χ4n) is 3.93. The molecular weight excluding hydrogens is 234 g/mol. The van der Waals surface area contributed by atoms with Gasteiger partial charge >= 0.3 is 0 Å².